The molecule has 1 aromatic carbocycles. The molecule has 0 fully saturated rings. The number of carbonyl (C=O) groups is 1. The minimum atomic E-state index is -0.131. The van der Waals surface area contributed by atoms with E-state index in [1.165, 1.54) is 0 Å². The second kappa shape index (κ2) is 4.48. The monoisotopic (exact) mass is 244 g/mol. The van der Waals surface area contributed by atoms with E-state index in [-0.39, 0.29) is 11.4 Å². The number of benzene rings is 1. The van der Waals surface area contributed by atoms with E-state index in [0.29, 0.717) is 5.69 Å². The summed E-state index contributed by atoms with van der Waals surface area (Å²) in [6, 6.07) is 9.85. The highest BCUT2D eigenvalue weighted by atomic mass is 16.2. The van der Waals surface area contributed by atoms with Crippen molar-refractivity contribution in [2.75, 3.05) is 7.05 Å². The summed E-state index contributed by atoms with van der Waals surface area (Å²) in [5, 5.41) is 1.07. The van der Waals surface area contributed by atoms with Crippen molar-refractivity contribution in [3.05, 3.63) is 36.0 Å². The van der Waals surface area contributed by atoms with Crippen LogP contribution in [0.15, 0.2) is 30.3 Å². The van der Waals surface area contributed by atoms with E-state index in [2.05, 4.69) is 25.8 Å². The molecule has 18 heavy (non-hydrogen) atoms. The van der Waals surface area contributed by atoms with Gasteiger partial charge in [0.1, 0.15) is 5.69 Å². The largest absolute Gasteiger partial charge is 0.351 e. The Kier molecular flexibility index (Phi) is 3.16. The third-order valence-corrected chi connectivity index (χ3v) is 3.84. The molecule has 0 bridgehead atoms. The molecule has 0 aliphatic heterocycles. The summed E-state index contributed by atoms with van der Waals surface area (Å²) in [5.41, 5.74) is 1.53. The molecule has 0 atom stereocenters. The van der Waals surface area contributed by atoms with Crippen molar-refractivity contribution in [3.8, 4) is 0 Å². The Morgan fingerprint density at radius 3 is 2.61 bits per heavy atom. The molecule has 96 valence electrons. The zero-order valence-corrected chi connectivity index (χ0v) is 11.4. The van der Waals surface area contributed by atoms with Crippen LogP contribution in [0.3, 0.4) is 0 Å². The number of carbonyl (C=O) groups excluding carboxylic acids is 1. The van der Waals surface area contributed by atoms with Crippen molar-refractivity contribution < 1.29 is 4.79 Å². The summed E-state index contributed by atoms with van der Waals surface area (Å²) >= 11 is 0. The first-order valence-electron chi connectivity index (χ1n) is 6.31. The van der Waals surface area contributed by atoms with Crippen molar-refractivity contribution >= 4 is 16.8 Å². The molecule has 0 saturated heterocycles. The molecule has 0 radical (unpaired) electrons. The van der Waals surface area contributed by atoms with E-state index in [0.717, 1.165) is 17.3 Å². The maximum Gasteiger partial charge on any atom is 0.270 e. The Balaban J connectivity index is 2.34. The van der Waals surface area contributed by atoms with E-state index in [4.69, 9.17) is 0 Å². The van der Waals surface area contributed by atoms with Crippen LogP contribution in [0.5, 0.6) is 0 Å². The highest BCUT2D eigenvalue weighted by Gasteiger charge is 2.27. The van der Waals surface area contributed by atoms with Crippen LogP contribution in [-0.2, 0) is 0 Å². The number of fused-ring (bicyclic) bond motifs is 1. The van der Waals surface area contributed by atoms with Gasteiger partial charge in [-0.05, 0) is 32.4 Å². The maximum absolute atomic E-state index is 12.4. The number of para-hydroxylation sites is 1. The lowest BCUT2D eigenvalue weighted by atomic mass is 9.99. The van der Waals surface area contributed by atoms with Crippen molar-refractivity contribution in [2.24, 2.45) is 0 Å². The number of hydrogen-bond acceptors (Lipinski definition) is 1. The molecule has 1 heterocycles. The second-order valence-corrected chi connectivity index (χ2v) is 5.30. The van der Waals surface area contributed by atoms with Gasteiger partial charge < -0.3 is 9.88 Å². The number of amides is 1. The predicted molar refractivity (Wildman–Crippen MR) is 74.8 cm³/mol. The highest BCUT2D eigenvalue weighted by molar-refractivity contribution is 5.98. The van der Waals surface area contributed by atoms with Crippen LogP contribution in [0.4, 0.5) is 0 Å². The van der Waals surface area contributed by atoms with Crippen molar-refractivity contribution in [1.82, 2.24) is 9.88 Å². The zero-order chi connectivity index (χ0) is 13.3. The quantitative estimate of drug-likeness (QED) is 0.882. The van der Waals surface area contributed by atoms with Crippen LogP contribution >= 0.6 is 0 Å². The molecule has 3 heteroatoms. The molecule has 3 nitrogen and oxygen atoms in total. The van der Waals surface area contributed by atoms with Gasteiger partial charge in [-0.2, -0.15) is 0 Å². The SMILES string of the molecule is CCC(C)(C)N(C)C(=O)c1cc2ccccc2[nH]1. The predicted octanol–water partition coefficient (Wildman–Crippen LogP) is 3.43. The molecule has 0 saturated carbocycles. The third kappa shape index (κ3) is 2.13. The molecule has 0 spiro atoms. The van der Waals surface area contributed by atoms with E-state index < -0.39 is 0 Å². The van der Waals surface area contributed by atoms with Gasteiger partial charge in [0.15, 0.2) is 0 Å². The minimum Gasteiger partial charge on any atom is -0.351 e. The summed E-state index contributed by atoms with van der Waals surface area (Å²) < 4.78 is 0. The molecule has 1 amide bonds. The van der Waals surface area contributed by atoms with Crippen LogP contribution in [0.25, 0.3) is 10.9 Å². The number of rotatable bonds is 3. The van der Waals surface area contributed by atoms with Crippen LogP contribution in [0, 0.1) is 0 Å². The molecule has 0 unspecified atom stereocenters. The molecule has 0 aliphatic carbocycles. The van der Waals surface area contributed by atoms with E-state index in [9.17, 15) is 4.79 Å². The maximum atomic E-state index is 12.4. The zero-order valence-electron chi connectivity index (χ0n) is 11.4. The summed E-state index contributed by atoms with van der Waals surface area (Å²) in [4.78, 5) is 17.4. The highest BCUT2D eigenvalue weighted by Crippen LogP contribution is 2.21. The fourth-order valence-electron chi connectivity index (χ4n) is 1.88. The molecule has 2 rings (SSSR count). The number of nitrogens with one attached hydrogen (secondary N) is 1. The van der Waals surface area contributed by atoms with Crippen LogP contribution in [0.1, 0.15) is 37.7 Å². The average molecular weight is 244 g/mol. The molecule has 1 aromatic heterocycles. The molecule has 0 aliphatic rings. The van der Waals surface area contributed by atoms with Gasteiger partial charge in [-0.1, -0.05) is 25.1 Å². The van der Waals surface area contributed by atoms with Crippen LogP contribution in [0.2, 0.25) is 0 Å². The normalized spacial score (nSPS) is 11.8. The van der Waals surface area contributed by atoms with E-state index in [1.54, 1.807) is 4.90 Å². The molecule has 2 aromatic rings. The number of aromatic amines is 1. The van der Waals surface area contributed by atoms with Gasteiger partial charge in [0.25, 0.3) is 5.91 Å². The van der Waals surface area contributed by atoms with Crippen molar-refractivity contribution in [1.29, 1.82) is 0 Å². The van der Waals surface area contributed by atoms with Gasteiger partial charge in [0, 0.05) is 23.5 Å². The first kappa shape index (κ1) is 12.7. The Morgan fingerprint density at radius 2 is 2.00 bits per heavy atom. The van der Waals surface area contributed by atoms with Gasteiger partial charge in [-0.25, -0.2) is 0 Å². The Bertz CT molecular complexity index is 536. The molecular weight excluding hydrogens is 224 g/mol. The summed E-state index contributed by atoms with van der Waals surface area (Å²) in [7, 11) is 1.86. The van der Waals surface area contributed by atoms with Crippen molar-refractivity contribution in [2.45, 2.75) is 32.7 Å². The molecule has 1 N–H and O–H groups in total. The van der Waals surface area contributed by atoms with Crippen molar-refractivity contribution in [3.63, 3.8) is 0 Å². The van der Waals surface area contributed by atoms with Gasteiger partial charge in [-0.15, -0.1) is 0 Å². The van der Waals surface area contributed by atoms with Crippen LogP contribution in [-0.4, -0.2) is 28.4 Å². The fourth-order valence-corrected chi connectivity index (χ4v) is 1.88. The Hall–Kier alpha value is -1.77. The summed E-state index contributed by atoms with van der Waals surface area (Å²) in [5.74, 6) is 0.0399. The fraction of sp³-hybridized carbons (Fsp3) is 0.400. The topological polar surface area (TPSA) is 36.1 Å². The number of H-pyrrole nitrogens is 1. The van der Waals surface area contributed by atoms with Gasteiger partial charge in [-0.3, -0.25) is 4.79 Å². The Morgan fingerprint density at radius 1 is 1.33 bits per heavy atom. The lowest BCUT2D eigenvalue weighted by Crippen LogP contribution is -2.44. The lowest BCUT2D eigenvalue weighted by Gasteiger charge is -2.34. The lowest BCUT2D eigenvalue weighted by molar-refractivity contribution is 0.0615. The molecular formula is C15H20N2O. The average Bonchev–Trinajstić information content (AvgIpc) is 2.80. The first-order chi connectivity index (χ1) is 8.45. The Labute approximate surface area is 108 Å². The number of aromatic nitrogens is 1. The number of nitrogens with zero attached hydrogens (tertiary/aromatic N) is 1. The third-order valence-electron chi connectivity index (χ3n) is 3.84. The van der Waals surface area contributed by atoms with Gasteiger partial charge in [0.05, 0.1) is 0 Å². The summed E-state index contributed by atoms with van der Waals surface area (Å²) in [6.45, 7) is 6.25. The van der Waals surface area contributed by atoms with E-state index in [1.807, 2.05) is 37.4 Å². The van der Waals surface area contributed by atoms with E-state index >= 15 is 0 Å². The minimum absolute atomic E-state index is 0.0399. The van der Waals surface area contributed by atoms with Crippen LogP contribution < -0.4 is 0 Å². The number of hydrogen-bond donors (Lipinski definition) is 1. The van der Waals surface area contributed by atoms with Gasteiger partial charge in [0.2, 0.25) is 0 Å². The summed E-state index contributed by atoms with van der Waals surface area (Å²) in [6.07, 6.45) is 0.926. The standard InChI is InChI=1S/C15H20N2O/c1-5-15(2,3)17(4)14(18)13-10-11-8-6-7-9-12(11)16-13/h6-10,16H,5H2,1-4H3. The second-order valence-electron chi connectivity index (χ2n) is 5.30. The smallest absolute Gasteiger partial charge is 0.270 e. The van der Waals surface area contributed by atoms with Gasteiger partial charge >= 0.3 is 0 Å². The first-order valence-corrected chi connectivity index (χ1v) is 6.31.